The highest BCUT2D eigenvalue weighted by molar-refractivity contribution is 5.76. The standard InChI is InChI=1S/C26H30N4O2/c1-2-21(26(31)32)20-11-6-8-18(16-20)13-15-27-24(19-9-4-3-5-10-19)23-17-29-22-12-7-14-28-25(22)30-23/h3-12,14,16,21,23-24,27,29H,2,13,15,17H2,1H3,(H,28,30)(H,31,32)/t21-,23-,24-/m1/s1. The van der Waals surface area contributed by atoms with E-state index in [-0.39, 0.29) is 12.1 Å². The lowest BCUT2D eigenvalue weighted by Crippen LogP contribution is -2.44. The van der Waals surface area contributed by atoms with Crippen molar-refractivity contribution in [3.8, 4) is 0 Å². The van der Waals surface area contributed by atoms with E-state index in [2.05, 4.69) is 51.3 Å². The maximum atomic E-state index is 11.5. The molecule has 32 heavy (non-hydrogen) atoms. The van der Waals surface area contributed by atoms with Crippen molar-refractivity contribution in [3.05, 3.63) is 89.6 Å². The molecule has 2 heterocycles. The lowest BCUT2D eigenvalue weighted by atomic mass is 9.94. The monoisotopic (exact) mass is 430 g/mol. The van der Waals surface area contributed by atoms with Gasteiger partial charge in [0.2, 0.25) is 0 Å². The number of rotatable bonds is 9. The highest BCUT2D eigenvalue weighted by Crippen LogP contribution is 2.28. The molecule has 0 spiro atoms. The number of carboxylic acids is 1. The second-order valence-corrected chi connectivity index (χ2v) is 8.17. The van der Waals surface area contributed by atoms with Crippen molar-refractivity contribution in [1.82, 2.24) is 10.3 Å². The van der Waals surface area contributed by atoms with Crippen molar-refractivity contribution in [1.29, 1.82) is 0 Å². The summed E-state index contributed by atoms with van der Waals surface area (Å²) in [6.45, 7) is 3.48. The predicted octanol–water partition coefficient (Wildman–Crippen LogP) is 4.44. The number of carboxylic acid groups (broad SMARTS) is 1. The molecule has 166 valence electrons. The minimum atomic E-state index is -0.767. The number of nitrogens with zero attached hydrogens (tertiary/aromatic N) is 1. The number of hydrogen-bond donors (Lipinski definition) is 4. The van der Waals surface area contributed by atoms with E-state index >= 15 is 0 Å². The molecule has 2 aromatic carbocycles. The van der Waals surface area contributed by atoms with Gasteiger partial charge in [0.25, 0.3) is 0 Å². The van der Waals surface area contributed by atoms with Crippen molar-refractivity contribution in [2.45, 2.75) is 37.8 Å². The molecule has 6 heteroatoms. The van der Waals surface area contributed by atoms with Crippen LogP contribution in [-0.2, 0) is 11.2 Å². The minimum absolute atomic E-state index is 0.101. The summed E-state index contributed by atoms with van der Waals surface area (Å²) >= 11 is 0. The summed E-state index contributed by atoms with van der Waals surface area (Å²) in [5.74, 6) is -0.347. The van der Waals surface area contributed by atoms with Crippen LogP contribution in [0.1, 0.15) is 42.0 Å². The molecular formula is C26H30N4O2. The Morgan fingerprint density at radius 2 is 1.94 bits per heavy atom. The van der Waals surface area contributed by atoms with Gasteiger partial charge in [-0.05, 0) is 48.2 Å². The van der Waals surface area contributed by atoms with Gasteiger partial charge >= 0.3 is 5.97 Å². The molecule has 1 aliphatic rings. The number of hydrogen-bond acceptors (Lipinski definition) is 5. The Hall–Kier alpha value is -3.38. The second-order valence-electron chi connectivity index (χ2n) is 8.17. The molecule has 0 amide bonds. The Kier molecular flexibility index (Phi) is 7.02. The van der Waals surface area contributed by atoms with E-state index in [1.54, 1.807) is 6.20 Å². The number of fused-ring (bicyclic) bond motifs is 1. The molecule has 0 radical (unpaired) electrons. The predicted molar refractivity (Wildman–Crippen MR) is 128 cm³/mol. The fourth-order valence-corrected chi connectivity index (χ4v) is 4.35. The maximum Gasteiger partial charge on any atom is 0.310 e. The van der Waals surface area contributed by atoms with Gasteiger partial charge in [0.1, 0.15) is 5.82 Å². The zero-order valence-electron chi connectivity index (χ0n) is 18.3. The molecule has 0 bridgehead atoms. The summed E-state index contributed by atoms with van der Waals surface area (Å²) in [5.41, 5.74) is 4.26. The number of pyridine rings is 1. The van der Waals surface area contributed by atoms with Gasteiger partial charge in [0.15, 0.2) is 0 Å². The Balaban J connectivity index is 1.46. The van der Waals surface area contributed by atoms with Gasteiger partial charge in [-0.1, -0.05) is 61.5 Å². The first-order valence-electron chi connectivity index (χ1n) is 11.2. The zero-order chi connectivity index (χ0) is 22.3. The maximum absolute atomic E-state index is 11.5. The van der Waals surface area contributed by atoms with Crippen LogP contribution in [0.3, 0.4) is 0 Å². The number of benzene rings is 2. The second kappa shape index (κ2) is 10.3. The first kappa shape index (κ1) is 21.8. The van der Waals surface area contributed by atoms with Gasteiger partial charge < -0.3 is 21.1 Å². The normalized spacial score (nSPS) is 16.8. The van der Waals surface area contributed by atoms with Crippen LogP contribution in [0, 0.1) is 0 Å². The number of carbonyl (C=O) groups is 1. The van der Waals surface area contributed by atoms with Gasteiger partial charge in [0, 0.05) is 12.7 Å². The Morgan fingerprint density at radius 3 is 2.72 bits per heavy atom. The first-order chi connectivity index (χ1) is 15.7. The van der Waals surface area contributed by atoms with Crippen LogP contribution in [0.2, 0.25) is 0 Å². The van der Waals surface area contributed by atoms with E-state index in [0.717, 1.165) is 42.1 Å². The molecular weight excluding hydrogens is 400 g/mol. The van der Waals surface area contributed by atoms with E-state index in [1.165, 1.54) is 5.56 Å². The van der Waals surface area contributed by atoms with Crippen molar-refractivity contribution < 1.29 is 9.90 Å². The van der Waals surface area contributed by atoms with Crippen LogP contribution in [0.5, 0.6) is 0 Å². The van der Waals surface area contributed by atoms with Crippen LogP contribution in [-0.4, -0.2) is 35.2 Å². The van der Waals surface area contributed by atoms with E-state index < -0.39 is 11.9 Å². The van der Waals surface area contributed by atoms with Crippen molar-refractivity contribution in [2.75, 3.05) is 23.7 Å². The van der Waals surface area contributed by atoms with Crippen LogP contribution in [0.4, 0.5) is 11.5 Å². The van der Waals surface area contributed by atoms with Crippen LogP contribution < -0.4 is 16.0 Å². The van der Waals surface area contributed by atoms with Crippen LogP contribution in [0.25, 0.3) is 0 Å². The van der Waals surface area contributed by atoms with Gasteiger partial charge in [-0.2, -0.15) is 0 Å². The van der Waals surface area contributed by atoms with Crippen molar-refractivity contribution in [2.24, 2.45) is 0 Å². The number of aromatic nitrogens is 1. The third kappa shape index (κ3) is 5.08. The summed E-state index contributed by atoms with van der Waals surface area (Å²) in [7, 11) is 0. The third-order valence-corrected chi connectivity index (χ3v) is 6.04. The molecule has 1 aromatic heterocycles. The lowest BCUT2D eigenvalue weighted by molar-refractivity contribution is -0.138. The molecule has 0 saturated carbocycles. The summed E-state index contributed by atoms with van der Waals surface area (Å²) in [6.07, 6.45) is 3.21. The molecule has 4 rings (SSSR count). The summed E-state index contributed by atoms with van der Waals surface area (Å²) in [5, 5.41) is 20.3. The van der Waals surface area contributed by atoms with Crippen molar-refractivity contribution >= 4 is 17.5 Å². The molecule has 3 atom stereocenters. The molecule has 0 fully saturated rings. The van der Waals surface area contributed by atoms with Gasteiger partial charge in [-0.25, -0.2) is 4.98 Å². The van der Waals surface area contributed by atoms with Crippen molar-refractivity contribution in [3.63, 3.8) is 0 Å². The molecule has 1 aliphatic heterocycles. The Labute approximate surface area is 189 Å². The average molecular weight is 431 g/mol. The fourth-order valence-electron chi connectivity index (χ4n) is 4.35. The smallest absolute Gasteiger partial charge is 0.310 e. The first-order valence-corrected chi connectivity index (χ1v) is 11.2. The minimum Gasteiger partial charge on any atom is -0.481 e. The van der Waals surface area contributed by atoms with Gasteiger partial charge in [-0.3, -0.25) is 4.79 Å². The number of aliphatic carboxylic acids is 1. The van der Waals surface area contributed by atoms with E-state index in [4.69, 9.17) is 0 Å². The van der Waals surface area contributed by atoms with E-state index in [0.29, 0.717) is 6.42 Å². The summed E-state index contributed by atoms with van der Waals surface area (Å²) in [6, 6.07) is 22.6. The molecule has 4 N–H and O–H groups in total. The fraction of sp³-hybridized carbons (Fsp3) is 0.308. The van der Waals surface area contributed by atoms with Crippen LogP contribution >= 0.6 is 0 Å². The van der Waals surface area contributed by atoms with Crippen LogP contribution in [0.15, 0.2) is 72.9 Å². The molecule has 6 nitrogen and oxygen atoms in total. The topological polar surface area (TPSA) is 86.3 Å². The Morgan fingerprint density at radius 1 is 1.12 bits per heavy atom. The highest BCUT2D eigenvalue weighted by atomic mass is 16.4. The molecule has 0 saturated heterocycles. The SMILES string of the molecule is CC[C@@H](C(=O)O)c1cccc(CCN[C@H](c2ccccc2)[C@H]2CNc3cccnc3N2)c1. The van der Waals surface area contributed by atoms with Gasteiger partial charge in [-0.15, -0.1) is 0 Å². The molecule has 0 unspecified atom stereocenters. The lowest BCUT2D eigenvalue weighted by Gasteiger charge is -2.34. The molecule has 0 aliphatic carbocycles. The number of anilines is 2. The highest BCUT2D eigenvalue weighted by Gasteiger charge is 2.27. The molecule has 3 aromatic rings. The van der Waals surface area contributed by atoms with Gasteiger partial charge in [0.05, 0.1) is 23.7 Å². The summed E-state index contributed by atoms with van der Waals surface area (Å²) in [4.78, 5) is 16.0. The number of nitrogens with one attached hydrogen (secondary N) is 3. The van der Waals surface area contributed by atoms with E-state index in [9.17, 15) is 9.90 Å². The van der Waals surface area contributed by atoms with E-state index in [1.807, 2.05) is 43.3 Å². The zero-order valence-corrected chi connectivity index (χ0v) is 18.3. The third-order valence-electron chi connectivity index (χ3n) is 6.04. The summed E-state index contributed by atoms with van der Waals surface area (Å²) < 4.78 is 0. The Bertz CT molecular complexity index is 1040. The average Bonchev–Trinajstić information content (AvgIpc) is 2.83. The largest absolute Gasteiger partial charge is 0.481 e. The quantitative estimate of drug-likeness (QED) is 0.402.